The van der Waals surface area contributed by atoms with E-state index in [1.54, 1.807) is 35.5 Å². The number of aromatic nitrogens is 8. The molecule has 0 aliphatic heterocycles. The number of benzene rings is 1. The van der Waals surface area contributed by atoms with Crippen LogP contribution >= 0.6 is 0 Å². The Hall–Kier alpha value is -3.79. The number of pyridine rings is 1. The van der Waals surface area contributed by atoms with E-state index in [9.17, 15) is 4.39 Å². The van der Waals surface area contributed by atoms with Crippen LogP contribution in [0.1, 0.15) is 5.56 Å². The molecule has 0 saturated heterocycles. The third-order valence-corrected chi connectivity index (χ3v) is 4.58. The molecule has 0 spiro atoms. The Labute approximate surface area is 163 Å². The lowest BCUT2D eigenvalue weighted by Crippen LogP contribution is -2.05. The fourth-order valence-electron chi connectivity index (χ4n) is 3.15. The van der Waals surface area contributed by atoms with Gasteiger partial charge in [0.2, 0.25) is 5.65 Å². The Bertz CT molecular complexity index is 1330. The second kappa shape index (κ2) is 6.99. The maximum Gasteiger partial charge on any atom is 0.221 e. The first-order valence-corrected chi connectivity index (χ1v) is 8.94. The van der Waals surface area contributed by atoms with Gasteiger partial charge in [0.1, 0.15) is 5.82 Å². The van der Waals surface area contributed by atoms with E-state index in [0.29, 0.717) is 34.6 Å². The van der Waals surface area contributed by atoms with Crippen molar-refractivity contribution in [2.24, 2.45) is 0 Å². The van der Waals surface area contributed by atoms with Crippen molar-refractivity contribution in [3.63, 3.8) is 0 Å². The number of aliphatic hydroxyl groups is 1. The Morgan fingerprint density at radius 1 is 1.14 bits per heavy atom. The number of aliphatic hydroxyl groups excluding tert-OH is 1. The van der Waals surface area contributed by atoms with Gasteiger partial charge in [-0.05, 0) is 12.1 Å². The number of hydrogen-bond acceptors (Lipinski definition) is 7. The van der Waals surface area contributed by atoms with Gasteiger partial charge in [0, 0.05) is 35.0 Å². The Kier molecular flexibility index (Phi) is 4.17. The van der Waals surface area contributed by atoms with E-state index in [1.807, 2.05) is 12.1 Å². The average molecular weight is 390 g/mol. The van der Waals surface area contributed by atoms with E-state index in [2.05, 4.69) is 30.4 Å². The Morgan fingerprint density at radius 2 is 2.07 bits per heavy atom. The SMILES string of the molecule is OCCn1cc(-c2cnc3nnn(Cc4cc5cccnc5cc4F)c3n2)cn1. The molecular formula is C19H15FN8O. The molecule has 4 heterocycles. The summed E-state index contributed by atoms with van der Waals surface area (Å²) in [6, 6.07) is 6.86. The van der Waals surface area contributed by atoms with Gasteiger partial charge < -0.3 is 5.11 Å². The van der Waals surface area contributed by atoms with Crippen molar-refractivity contribution >= 4 is 22.2 Å². The quantitative estimate of drug-likeness (QED) is 0.488. The maximum atomic E-state index is 14.6. The Balaban J connectivity index is 1.53. The third kappa shape index (κ3) is 3.19. The molecule has 0 amide bonds. The number of nitrogens with zero attached hydrogens (tertiary/aromatic N) is 8. The maximum absolute atomic E-state index is 14.6. The highest BCUT2D eigenvalue weighted by molar-refractivity contribution is 5.79. The molecule has 0 atom stereocenters. The number of rotatable bonds is 5. The van der Waals surface area contributed by atoms with Crippen LogP contribution in [-0.4, -0.2) is 51.4 Å². The van der Waals surface area contributed by atoms with Crippen LogP contribution in [0, 0.1) is 5.82 Å². The first-order chi connectivity index (χ1) is 14.2. The van der Waals surface area contributed by atoms with Crippen LogP contribution in [-0.2, 0) is 13.1 Å². The van der Waals surface area contributed by atoms with Gasteiger partial charge in [-0.1, -0.05) is 11.3 Å². The molecule has 0 aliphatic carbocycles. The van der Waals surface area contributed by atoms with Crippen molar-refractivity contribution < 1.29 is 9.50 Å². The lowest BCUT2D eigenvalue weighted by Gasteiger charge is -2.06. The summed E-state index contributed by atoms with van der Waals surface area (Å²) in [5, 5.41) is 22.2. The minimum Gasteiger partial charge on any atom is -0.394 e. The van der Waals surface area contributed by atoms with Crippen molar-refractivity contribution in [1.82, 2.24) is 39.7 Å². The van der Waals surface area contributed by atoms with E-state index in [1.165, 1.54) is 10.7 Å². The first kappa shape index (κ1) is 17.3. The lowest BCUT2D eigenvalue weighted by atomic mass is 10.1. The molecular weight excluding hydrogens is 375 g/mol. The molecule has 5 aromatic rings. The fraction of sp³-hybridized carbons (Fsp3) is 0.158. The van der Waals surface area contributed by atoms with Crippen LogP contribution in [0.25, 0.3) is 33.5 Å². The van der Waals surface area contributed by atoms with Gasteiger partial charge in [0.15, 0.2) is 5.65 Å². The summed E-state index contributed by atoms with van der Waals surface area (Å²) in [5.41, 5.74) is 3.22. The van der Waals surface area contributed by atoms with Gasteiger partial charge >= 0.3 is 0 Å². The van der Waals surface area contributed by atoms with Crippen LogP contribution in [0.15, 0.2) is 49.1 Å². The van der Waals surface area contributed by atoms with Crippen molar-refractivity contribution in [3.05, 3.63) is 60.4 Å². The molecule has 0 unspecified atom stereocenters. The summed E-state index contributed by atoms with van der Waals surface area (Å²) < 4.78 is 17.7. The first-order valence-electron chi connectivity index (χ1n) is 8.94. The molecule has 1 aromatic carbocycles. The van der Waals surface area contributed by atoms with Crippen LogP contribution in [0.3, 0.4) is 0 Å². The standard InChI is InChI=1S/C19H15FN8O/c20-15-7-16-12(2-1-3-21-16)6-13(15)11-28-19-18(25-26-28)22-9-17(24-19)14-8-23-27(10-14)4-5-29/h1-3,6-10,29H,4-5,11H2. The van der Waals surface area contributed by atoms with E-state index in [0.717, 1.165) is 10.9 Å². The molecule has 10 heteroatoms. The van der Waals surface area contributed by atoms with Gasteiger partial charge in [-0.25, -0.2) is 19.0 Å². The van der Waals surface area contributed by atoms with E-state index in [-0.39, 0.29) is 19.0 Å². The normalized spacial score (nSPS) is 11.5. The monoisotopic (exact) mass is 390 g/mol. The van der Waals surface area contributed by atoms with Gasteiger partial charge in [0.25, 0.3) is 0 Å². The van der Waals surface area contributed by atoms with E-state index >= 15 is 0 Å². The molecule has 0 saturated carbocycles. The van der Waals surface area contributed by atoms with E-state index < -0.39 is 0 Å². The topological polar surface area (TPSA) is 107 Å². The summed E-state index contributed by atoms with van der Waals surface area (Å²) in [5.74, 6) is -0.366. The molecule has 0 radical (unpaired) electrons. The number of halogens is 1. The van der Waals surface area contributed by atoms with Gasteiger partial charge in [0.05, 0.1) is 43.3 Å². The minimum atomic E-state index is -0.366. The lowest BCUT2D eigenvalue weighted by molar-refractivity contribution is 0.269. The van der Waals surface area contributed by atoms with Crippen molar-refractivity contribution in [2.45, 2.75) is 13.1 Å². The van der Waals surface area contributed by atoms with Crippen LogP contribution in [0.2, 0.25) is 0 Å². The van der Waals surface area contributed by atoms with Crippen molar-refractivity contribution in [1.29, 1.82) is 0 Å². The van der Waals surface area contributed by atoms with Crippen LogP contribution < -0.4 is 0 Å². The van der Waals surface area contributed by atoms with E-state index in [4.69, 9.17) is 5.11 Å². The molecule has 4 aromatic heterocycles. The second-order valence-electron chi connectivity index (χ2n) is 6.50. The van der Waals surface area contributed by atoms with Crippen LogP contribution in [0.4, 0.5) is 4.39 Å². The van der Waals surface area contributed by atoms with Gasteiger partial charge in [-0.15, -0.1) is 5.10 Å². The molecule has 144 valence electrons. The summed E-state index contributed by atoms with van der Waals surface area (Å²) in [4.78, 5) is 13.1. The predicted octanol–water partition coefficient (Wildman–Crippen LogP) is 1.81. The molecule has 0 fully saturated rings. The predicted molar refractivity (Wildman–Crippen MR) is 102 cm³/mol. The Morgan fingerprint density at radius 3 is 2.97 bits per heavy atom. The van der Waals surface area contributed by atoms with Gasteiger partial charge in [-0.3, -0.25) is 9.67 Å². The third-order valence-electron chi connectivity index (χ3n) is 4.58. The molecule has 0 bridgehead atoms. The summed E-state index contributed by atoms with van der Waals surface area (Å²) in [6.45, 7) is 0.551. The second-order valence-corrected chi connectivity index (χ2v) is 6.50. The van der Waals surface area contributed by atoms with Crippen LogP contribution in [0.5, 0.6) is 0 Å². The number of fused-ring (bicyclic) bond motifs is 2. The average Bonchev–Trinajstić information content (AvgIpc) is 3.36. The molecule has 29 heavy (non-hydrogen) atoms. The highest BCUT2D eigenvalue weighted by atomic mass is 19.1. The molecule has 0 aliphatic rings. The van der Waals surface area contributed by atoms with Crippen molar-refractivity contribution in [2.75, 3.05) is 6.61 Å². The largest absolute Gasteiger partial charge is 0.394 e. The molecule has 1 N–H and O–H groups in total. The molecule has 9 nitrogen and oxygen atoms in total. The summed E-state index contributed by atoms with van der Waals surface area (Å²) in [6.07, 6.45) is 6.64. The summed E-state index contributed by atoms with van der Waals surface area (Å²) >= 11 is 0. The fourth-order valence-corrected chi connectivity index (χ4v) is 3.15. The van der Waals surface area contributed by atoms with Gasteiger partial charge in [-0.2, -0.15) is 5.10 Å². The zero-order chi connectivity index (χ0) is 19.8. The minimum absolute atomic E-state index is 0.00460. The zero-order valence-electron chi connectivity index (χ0n) is 15.1. The molecule has 5 rings (SSSR count). The number of hydrogen-bond donors (Lipinski definition) is 1. The highest BCUT2D eigenvalue weighted by Crippen LogP contribution is 2.21. The smallest absolute Gasteiger partial charge is 0.221 e. The van der Waals surface area contributed by atoms with Crippen molar-refractivity contribution in [3.8, 4) is 11.3 Å². The summed E-state index contributed by atoms with van der Waals surface area (Å²) in [7, 11) is 0. The zero-order valence-corrected chi connectivity index (χ0v) is 15.1. The highest BCUT2D eigenvalue weighted by Gasteiger charge is 2.14.